The maximum absolute atomic E-state index is 13.1. The molecule has 0 aliphatic heterocycles. The van der Waals surface area contributed by atoms with E-state index in [4.69, 9.17) is 0 Å². The number of carboxylic acid groups (broad SMARTS) is 1. The monoisotopic (exact) mass is 268 g/mol. The molecule has 1 aromatic rings. The van der Waals surface area contributed by atoms with Gasteiger partial charge in [0.25, 0.3) is 0 Å². The van der Waals surface area contributed by atoms with Crippen LogP contribution < -0.4 is 0 Å². The molecule has 0 radical (unpaired) electrons. The Morgan fingerprint density at radius 1 is 1.42 bits per heavy atom. The van der Waals surface area contributed by atoms with E-state index in [1.54, 1.807) is 19.1 Å². The molecule has 0 aromatic heterocycles. The minimum atomic E-state index is -1.05. The summed E-state index contributed by atoms with van der Waals surface area (Å²) in [5, 5.41) is 19.5. The molecule has 0 spiro atoms. The number of hydrogen-bond donors (Lipinski definition) is 2. The highest BCUT2D eigenvalue weighted by atomic mass is 19.1. The van der Waals surface area contributed by atoms with Crippen LogP contribution in [0.1, 0.15) is 32.8 Å². The summed E-state index contributed by atoms with van der Waals surface area (Å²) in [7, 11) is 0. The van der Waals surface area contributed by atoms with Crippen molar-refractivity contribution in [2.75, 3.05) is 0 Å². The molecule has 0 amide bonds. The maximum Gasteiger partial charge on any atom is 0.306 e. The lowest BCUT2D eigenvalue weighted by atomic mass is 9.81. The van der Waals surface area contributed by atoms with E-state index < -0.39 is 17.5 Å². The summed E-state index contributed by atoms with van der Waals surface area (Å²) in [5.74, 6) is -2.11. The van der Waals surface area contributed by atoms with Crippen molar-refractivity contribution in [3.63, 3.8) is 0 Å². The largest absolute Gasteiger partial charge is 0.481 e. The van der Waals surface area contributed by atoms with Crippen molar-refractivity contribution in [2.24, 2.45) is 11.8 Å². The molecule has 0 bridgehead atoms. The topological polar surface area (TPSA) is 57.5 Å². The van der Waals surface area contributed by atoms with E-state index in [1.807, 2.05) is 13.8 Å². The van der Waals surface area contributed by atoms with Crippen molar-refractivity contribution in [1.82, 2.24) is 0 Å². The SMILES string of the molecule is CC(C)C(C)(O)CC(Cc1cccc(F)c1)C(=O)O. The summed E-state index contributed by atoms with van der Waals surface area (Å²) in [6.45, 7) is 5.33. The summed E-state index contributed by atoms with van der Waals surface area (Å²) in [6.07, 6.45) is 0.368. The minimum absolute atomic E-state index is 0.0399. The first kappa shape index (κ1) is 15.6. The smallest absolute Gasteiger partial charge is 0.306 e. The third-order valence-corrected chi connectivity index (χ3v) is 3.62. The molecule has 1 rings (SSSR count). The van der Waals surface area contributed by atoms with Gasteiger partial charge in [-0.3, -0.25) is 4.79 Å². The molecule has 106 valence electrons. The van der Waals surface area contributed by atoms with Crippen LogP contribution in [0.25, 0.3) is 0 Å². The lowest BCUT2D eigenvalue weighted by Gasteiger charge is -2.30. The molecule has 2 N–H and O–H groups in total. The Kier molecular flexibility index (Phi) is 5.06. The first-order chi connectivity index (χ1) is 8.72. The summed E-state index contributed by atoms with van der Waals surface area (Å²) in [4.78, 5) is 11.3. The van der Waals surface area contributed by atoms with E-state index in [1.165, 1.54) is 12.1 Å². The van der Waals surface area contributed by atoms with Crippen LogP contribution in [0.15, 0.2) is 24.3 Å². The molecule has 1 aromatic carbocycles. The van der Waals surface area contributed by atoms with Gasteiger partial charge in [-0.05, 0) is 43.4 Å². The Hall–Kier alpha value is -1.42. The van der Waals surface area contributed by atoms with Gasteiger partial charge in [-0.15, -0.1) is 0 Å². The van der Waals surface area contributed by atoms with Crippen molar-refractivity contribution in [3.8, 4) is 0 Å². The molecule has 0 saturated heterocycles. The standard InChI is InChI=1S/C15H21FO3/c1-10(2)15(3,19)9-12(14(17)18)7-11-5-4-6-13(16)8-11/h4-6,8,10,12,19H,7,9H2,1-3H3,(H,17,18). The Balaban J connectivity index is 2.82. The van der Waals surface area contributed by atoms with E-state index >= 15 is 0 Å². The highest BCUT2D eigenvalue weighted by molar-refractivity contribution is 5.70. The summed E-state index contributed by atoms with van der Waals surface area (Å²) in [5.41, 5.74) is -0.414. The second-order valence-corrected chi connectivity index (χ2v) is 5.59. The van der Waals surface area contributed by atoms with Crippen LogP contribution in [0.3, 0.4) is 0 Å². The normalized spacial score (nSPS) is 16.1. The third-order valence-electron chi connectivity index (χ3n) is 3.62. The molecule has 0 saturated carbocycles. The van der Waals surface area contributed by atoms with Crippen LogP contribution in [0.4, 0.5) is 4.39 Å². The Morgan fingerprint density at radius 3 is 2.53 bits per heavy atom. The minimum Gasteiger partial charge on any atom is -0.481 e. The molecular weight excluding hydrogens is 247 g/mol. The quantitative estimate of drug-likeness (QED) is 0.834. The van der Waals surface area contributed by atoms with Crippen LogP contribution in [0, 0.1) is 17.7 Å². The third kappa shape index (κ3) is 4.63. The molecule has 3 nitrogen and oxygen atoms in total. The van der Waals surface area contributed by atoms with Gasteiger partial charge < -0.3 is 10.2 Å². The van der Waals surface area contributed by atoms with Gasteiger partial charge in [-0.25, -0.2) is 4.39 Å². The number of hydrogen-bond acceptors (Lipinski definition) is 2. The average Bonchev–Trinajstić information content (AvgIpc) is 2.27. The van der Waals surface area contributed by atoms with Gasteiger partial charge in [-0.2, -0.15) is 0 Å². The molecule has 0 heterocycles. The maximum atomic E-state index is 13.1. The van der Waals surface area contributed by atoms with Gasteiger partial charge in [0.2, 0.25) is 0 Å². The predicted molar refractivity (Wildman–Crippen MR) is 71.3 cm³/mol. The zero-order valence-electron chi connectivity index (χ0n) is 11.6. The number of halogens is 1. The Bertz CT molecular complexity index is 441. The summed E-state index contributed by atoms with van der Waals surface area (Å²) < 4.78 is 13.1. The number of aliphatic carboxylic acids is 1. The van der Waals surface area contributed by atoms with Crippen molar-refractivity contribution >= 4 is 5.97 Å². The van der Waals surface area contributed by atoms with Crippen molar-refractivity contribution < 1.29 is 19.4 Å². The predicted octanol–water partition coefficient (Wildman–Crippen LogP) is 2.87. The molecular formula is C15H21FO3. The van der Waals surface area contributed by atoms with Crippen LogP contribution in [0.5, 0.6) is 0 Å². The van der Waals surface area contributed by atoms with E-state index in [0.29, 0.717) is 5.56 Å². The molecule has 2 unspecified atom stereocenters. The first-order valence-corrected chi connectivity index (χ1v) is 6.42. The van der Waals surface area contributed by atoms with E-state index in [9.17, 15) is 19.4 Å². The van der Waals surface area contributed by atoms with Crippen molar-refractivity contribution in [2.45, 2.75) is 39.2 Å². The molecule has 0 fully saturated rings. The molecule has 2 atom stereocenters. The van der Waals surface area contributed by atoms with E-state index in [2.05, 4.69) is 0 Å². The fraction of sp³-hybridized carbons (Fsp3) is 0.533. The second kappa shape index (κ2) is 6.15. The fourth-order valence-electron chi connectivity index (χ4n) is 1.93. The fourth-order valence-corrected chi connectivity index (χ4v) is 1.93. The highest BCUT2D eigenvalue weighted by Gasteiger charge is 2.32. The zero-order valence-corrected chi connectivity index (χ0v) is 11.6. The van der Waals surface area contributed by atoms with E-state index in [-0.39, 0.29) is 24.6 Å². The van der Waals surface area contributed by atoms with Crippen LogP contribution in [-0.2, 0) is 11.2 Å². The number of carbonyl (C=O) groups is 1. The molecule has 0 aliphatic rings. The van der Waals surface area contributed by atoms with Gasteiger partial charge in [0, 0.05) is 0 Å². The molecule has 19 heavy (non-hydrogen) atoms. The van der Waals surface area contributed by atoms with Gasteiger partial charge in [0.15, 0.2) is 0 Å². The lowest BCUT2D eigenvalue weighted by molar-refractivity contribution is -0.144. The number of rotatable bonds is 6. The van der Waals surface area contributed by atoms with Crippen molar-refractivity contribution in [1.29, 1.82) is 0 Å². The number of aliphatic hydroxyl groups is 1. The summed E-state index contributed by atoms with van der Waals surface area (Å²) >= 11 is 0. The molecule has 4 heteroatoms. The average molecular weight is 268 g/mol. The van der Waals surface area contributed by atoms with E-state index in [0.717, 1.165) is 0 Å². The van der Waals surface area contributed by atoms with Crippen LogP contribution >= 0.6 is 0 Å². The lowest BCUT2D eigenvalue weighted by Crippen LogP contribution is -2.36. The van der Waals surface area contributed by atoms with Gasteiger partial charge in [0.05, 0.1) is 11.5 Å². The van der Waals surface area contributed by atoms with Gasteiger partial charge >= 0.3 is 5.97 Å². The van der Waals surface area contributed by atoms with Gasteiger partial charge in [-0.1, -0.05) is 26.0 Å². The first-order valence-electron chi connectivity index (χ1n) is 6.42. The van der Waals surface area contributed by atoms with Crippen LogP contribution in [-0.4, -0.2) is 21.8 Å². The number of benzene rings is 1. The number of carboxylic acids is 1. The highest BCUT2D eigenvalue weighted by Crippen LogP contribution is 2.27. The second-order valence-electron chi connectivity index (χ2n) is 5.59. The van der Waals surface area contributed by atoms with Crippen molar-refractivity contribution in [3.05, 3.63) is 35.6 Å². The molecule has 0 aliphatic carbocycles. The van der Waals surface area contributed by atoms with Crippen LogP contribution in [0.2, 0.25) is 0 Å². The Labute approximate surface area is 113 Å². The Morgan fingerprint density at radius 2 is 2.05 bits per heavy atom. The summed E-state index contributed by atoms with van der Waals surface area (Å²) in [6, 6.07) is 5.91. The van der Waals surface area contributed by atoms with Gasteiger partial charge in [0.1, 0.15) is 5.82 Å². The zero-order chi connectivity index (χ0) is 14.6.